The monoisotopic (exact) mass is 950 g/mol. The molecule has 8 atom stereocenters. The highest BCUT2D eigenvalue weighted by Gasteiger charge is 2.72. The summed E-state index contributed by atoms with van der Waals surface area (Å²) in [6, 6.07) is 39.8. The molecule has 0 saturated carbocycles. The Bertz CT molecular complexity index is 2480. The first-order valence-electron chi connectivity index (χ1n) is 22.2. The number of benzene rings is 5. The van der Waals surface area contributed by atoms with Gasteiger partial charge in [0, 0.05) is 79.6 Å². The third kappa shape index (κ3) is 5.30. The van der Waals surface area contributed by atoms with Gasteiger partial charge >= 0.3 is 0 Å². The molecular formula is C52H48Br2N4O4. The first-order chi connectivity index (χ1) is 30.2. The van der Waals surface area contributed by atoms with Crippen molar-refractivity contribution >= 4 is 66.6 Å². The van der Waals surface area contributed by atoms with Crippen molar-refractivity contribution in [2.45, 2.75) is 74.5 Å². The summed E-state index contributed by atoms with van der Waals surface area (Å²) in [6.45, 7) is 6.46. The van der Waals surface area contributed by atoms with Gasteiger partial charge in [-0.15, -0.1) is 0 Å². The van der Waals surface area contributed by atoms with Gasteiger partial charge in [0.05, 0.1) is 11.8 Å². The zero-order chi connectivity index (χ0) is 42.7. The molecule has 4 saturated heterocycles. The number of ketones is 2. The number of fused-ring (bicyclic) bond motifs is 8. The Balaban J connectivity index is 1.08. The van der Waals surface area contributed by atoms with E-state index in [1.807, 2.05) is 109 Å². The summed E-state index contributed by atoms with van der Waals surface area (Å²) in [6.07, 6.45) is 3.61. The van der Waals surface area contributed by atoms with Gasteiger partial charge in [-0.25, -0.2) is 0 Å². The molecule has 6 aliphatic rings. The van der Waals surface area contributed by atoms with Crippen LogP contribution in [0.2, 0.25) is 0 Å². The van der Waals surface area contributed by atoms with E-state index < -0.39 is 22.9 Å². The summed E-state index contributed by atoms with van der Waals surface area (Å²) in [5.41, 5.74) is 4.44. The molecule has 0 bridgehead atoms. The number of carbonyl (C=O) groups is 4. The molecule has 8 nitrogen and oxygen atoms in total. The van der Waals surface area contributed by atoms with Gasteiger partial charge in [-0.05, 0) is 100 Å². The molecule has 2 amide bonds. The van der Waals surface area contributed by atoms with Gasteiger partial charge in [0.1, 0.15) is 11.1 Å². The summed E-state index contributed by atoms with van der Waals surface area (Å²) in [4.78, 5) is 69.8. The van der Waals surface area contributed by atoms with E-state index in [0.29, 0.717) is 24.2 Å². The van der Waals surface area contributed by atoms with Crippen molar-refractivity contribution in [3.8, 4) is 0 Å². The van der Waals surface area contributed by atoms with E-state index in [0.717, 1.165) is 81.3 Å². The normalized spacial score (nSPS) is 29.8. The molecule has 8 unspecified atom stereocenters. The lowest BCUT2D eigenvalue weighted by molar-refractivity contribution is -0.130. The average molecular weight is 953 g/mol. The van der Waals surface area contributed by atoms with Gasteiger partial charge in [0.15, 0.2) is 11.6 Å². The van der Waals surface area contributed by atoms with E-state index in [-0.39, 0.29) is 47.3 Å². The molecular weight excluding hydrogens is 904 g/mol. The second-order valence-electron chi connectivity index (χ2n) is 17.9. The molecule has 10 heteroatoms. The number of Topliss-reactive ketones (excluding diaryl/α,β-unsaturated/α-hetero) is 2. The van der Waals surface area contributed by atoms with Crippen LogP contribution in [0, 0.1) is 11.8 Å². The number of likely N-dealkylation sites (N-methyl/N-ethyl adjacent to an activating group) is 2. The fourth-order valence-corrected chi connectivity index (χ4v) is 14.0. The number of hydrogen-bond donors (Lipinski definition) is 0. The first-order valence-corrected chi connectivity index (χ1v) is 23.8. The Labute approximate surface area is 379 Å². The van der Waals surface area contributed by atoms with Crippen LogP contribution in [-0.4, -0.2) is 71.4 Å². The van der Waals surface area contributed by atoms with E-state index in [1.165, 1.54) is 0 Å². The lowest BCUT2D eigenvalue weighted by atomic mass is 9.67. The second kappa shape index (κ2) is 14.9. The lowest BCUT2D eigenvalue weighted by Crippen LogP contribution is -2.55. The molecule has 11 rings (SSSR count). The van der Waals surface area contributed by atoms with Crippen molar-refractivity contribution in [3.05, 3.63) is 164 Å². The number of nitrogens with zero attached hydrogens (tertiary/aromatic N) is 4. The van der Waals surface area contributed by atoms with Crippen molar-refractivity contribution in [2.75, 3.05) is 36.0 Å². The Morgan fingerprint density at radius 1 is 0.565 bits per heavy atom. The first kappa shape index (κ1) is 40.1. The summed E-state index contributed by atoms with van der Waals surface area (Å²) >= 11 is 7.48. The van der Waals surface area contributed by atoms with Crippen LogP contribution in [0.25, 0.3) is 0 Å². The molecule has 62 heavy (non-hydrogen) atoms. The van der Waals surface area contributed by atoms with Crippen LogP contribution in [0.1, 0.15) is 94.3 Å². The standard InChI is InChI=1S/C52H48Br2N4O4/c1-3-55-39-25-23-35(53)29-37(39)51(49(55)61)45(47(59)33-13-7-5-8-14-33)43(41-17-11-27-57(41)51)31-19-21-32(22-20-31)44-42-18-12-28-58(42)52(46(44)48(60)34-15-9-6-10-16-34)38-30-36(54)24-26-40(38)56(4-2)50(52)62/h5-10,13-16,19-26,29-30,41-46H,3-4,11-12,17-18,27-28H2,1-2H3. The van der Waals surface area contributed by atoms with Crippen LogP contribution in [0.15, 0.2) is 130 Å². The Morgan fingerprint density at radius 2 is 0.952 bits per heavy atom. The van der Waals surface area contributed by atoms with Gasteiger partial charge in [0.25, 0.3) is 11.8 Å². The Hall–Kier alpha value is -4.74. The molecule has 0 radical (unpaired) electrons. The number of halogens is 2. The van der Waals surface area contributed by atoms with Gasteiger partial charge in [-0.3, -0.25) is 29.0 Å². The molecule has 6 aliphatic heterocycles. The predicted octanol–water partition coefficient (Wildman–Crippen LogP) is 9.86. The number of anilines is 2. The number of carbonyl (C=O) groups excluding carboxylic acids is 4. The zero-order valence-electron chi connectivity index (χ0n) is 34.8. The molecule has 0 aromatic heterocycles. The van der Waals surface area contributed by atoms with Crippen molar-refractivity contribution in [2.24, 2.45) is 11.8 Å². The lowest BCUT2D eigenvalue weighted by Gasteiger charge is -2.38. The smallest absolute Gasteiger partial charge is 0.253 e. The largest absolute Gasteiger partial charge is 0.310 e. The van der Waals surface area contributed by atoms with Gasteiger partial charge in [0.2, 0.25) is 0 Å². The minimum atomic E-state index is -1.17. The zero-order valence-corrected chi connectivity index (χ0v) is 38.0. The number of hydrogen-bond acceptors (Lipinski definition) is 6. The summed E-state index contributed by atoms with van der Waals surface area (Å²) < 4.78 is 1.76. The molecule has 314 valence electrons. The molecule has 5 aromatic rings. The highest BCUT2D eigenvalue weighted by Crippen LogP contribution is 2.65. The van der Waals surface area contributed by atoms with Crippen molar-refractivity contribution < 1.29 is 19.2 Å². The Kier molecular flexibility index (Phi) is 9.65. The summed E-state index contributed by atoms with van der Waals surface area (Å²) in [5.74, 6) is -2.01. The van der Waals surface area contributed by atoms with Crippen molar-refractivity contribution in [3.63, 3.8) is 0 Å². The third-order valence-corrected chi connectivity index (χ3v) is 16.4. The number of amides is 2. The minimum Gasteiger partial charge on any atom is -0.310 e. The van der Waals surface area contributed by atoms with Crippen LogP contribution in [0.5, 0.6) is 0 Å². The SMILES string of the molecule is CCN1C(=O)C2(c3cc(Br)ccc31)C(C(=O)c1ccccc1)C(c1ccc(C3C4CCCN4C4(C(=O)N(CC)c5ccc(Br)cc54)C3C(=O)c3ccccc3)cc1)C1CCCN12. The summed E-state index contributed by atoms with van der Waals surface area (Å²) in [7, 11) is 0. The van der Waals surface area contributed by atoms with Gasteiger partial charge in [-0.1, -0.05) is 117 Å². The molecule has 4 fully saturated rings. The highest BCUT2D eigenvalue weighted by molar-refractivity contribution is 9.10. The van der Waals surface area contributed by atoms with Crippen LogP contribution in [-0.2, 0) is 20.7 Å². The van der Waals surface area contributed by atoms with Crippen molar-refractivity contribution in [1.82, 2.24) is 9.80 Å². The van der Waals surface area contributed by atoms with Crippen LogP contribution >= 0.6 is 31.9 Å². The second-order valence-corrected chi connectivity index (χ2v) is 19.7. The Morgan fingerprint density at radius 3 is 1.32 bits per heavy atom. The minimum absolute atomic E-state index is 0.0239. The number of rotatable bonds is 8. The van der Waals surface area contributed by atoms with Crippen LogP contribution < -0.4 is 9.80 Å². The fourth-order valence-electron chi connectivity index (χ4n) is 13.3. The van der Waals surface area contributed by atoms with Gasteiger partial charge in [-0.2, -0.15) is 0 Å². The average Bonchev–Trinajstić information content (AvgIpc) is 4.14. The van der Waals surface area contributed by atoms with Gasteiger partial charge < -0.3 is 9.80 Å². The molecule has 5 aromatic carbocycles. The molecule has 2 spiro atoms. The van der Waals surface area contributed by atoms with Crippen LogP contribution in [0.4, 0.5) is 11.4 Å². The van der Waals surface area contributed by atoms with Crippen LogP contribution in [0.3, 0.4) is 0 Å². The maximum Gasteiger partial charge on any atom is 0.253 e. The van der Waals surface area contributed by atoms with E-state index in [2.05, 4.69) is 78.1 Å². The topological polar surface area (TPSA) is 81.2 Å². The molecule has 0 N–H and O–H groups in total. The van der Waals surface area contributed by atoms with E-state index >= 15 is 19.2 Å². The maximum atomic E-state index is 15.4. The van der Waals surface area contributed by atoms with E-state index in [1.54, 1.807) is 0 Å². The quantitative estimate of drug-likeness (QED) is 0.144. The third-order valence-electron chi connectivity index (χ3n) is 15.4. The predicted molar refractivity (Wildman–Crippen MR) is 248 cm³/mol. The maximum absolute atomic E-state index is 15.4. The van der Waals surface area contributed by atoms with E-state index in [4.69, 9.17) is 0 Å². The molecule has 0 aliphatic carbocycles. The van der Waals surface area contributed by atoms with E-state index in [9.17, 15) is 0 Å². The molecule has 6 heterocycles. The summed E-state index contributed by atoms with van der Waals surface area (Å²) in [5, 5.41) is 0. The highest BCUT2D eigenvalue weighted by atomic mass is 79.9. The fraction of sp³-hybridized carbons (Fsp3) is 0.346. The van der Waals surface area contributed by atoms with Crippen molar-refractivity contribution in [1.29, 1.82) is 0 Å².